The summed E-state index contributed by atoms with van der Waals surface area (Å²) in [5, 5.41) is 23.3. The number of nitrogens with one attached hydrogen (secondary N) is 2. The second-order valence-corrected chi connectivity index (χ2v) is 6.93. The van der Waals surface area contributed by atoms with E-state index < -0.39 is 5.60 Å². The van der Waals surface area contributed by atoms with Crippen LogP contribution in [0.15, 0.2) is 12.5 Å². The van der Waals surface area contributed by atoms with Gasteiger partial charge in [0, 0.05) is 18.8 Å². The molecule has 1 saturated carbocycles. The van der Waals surface area contributed by atoms with Crippen molar-refractivity contribution in [1.82, 2.24) is 15.0 Å². The Balaban J connectivity index is 1.86. The Labute approximate surface area is 134 Å². The number of nitrogens with zero attached hydrogens (tertiary/aromatic N) is 2. The molecular weight excluding hydrogens is 299 g/mol. The smallest absolute Gasteiger partial charge is 0.153 e. The molecule has 1 aliphatic rings. The average molecular weight is 322 g/mol. The van der Waals surface area contributed by atoms with Gasteiger partial charge in [-0.1, -0.05) is 0 Å². The number of rotatable bonds is 5. The van der Waals surface area contributed by atoms with E-state index in [-0.39, 0.29) is 30.3 Å². The molecule has 23 heavy (non-hydrogen) atoms. The molecule has 7 heteroatoms. The Morgan fingerprint density at radius 3 is 2.87 bits per heavy atom. The molecule has 3 unspecified atom stereocenters. The van der Waals surface area contributed by atoms with Gasteiger partial charge < -0.3 is 20.5 Å². The second kappa shape index (κ2) is 6.05. The highest BCUT2D eigenvalue weighted by Gasteiger charge is 2.40. The highest BCUT2D eigenvalue weighted by atomic mass is 19.1. The number of hydrogen-bond acceptors (Lipinski definition) is 5. The fourth-order valence-corrected chi connectivity index (χ4v) is 3.57. The maximum absolute atomic E-state index is 14.0. The van der Waals surface area contributed by atoms with Crippen LogP contribution >= 0.6 is 0 Å². The highest BCUT2D eigenvalue weighted by Crippen LogP contribution is 2.41. The maximum Gasteiger partial charge on any atom is 0.153 e. The van der Waals surface area contributed by atoms with Gasteiger partial charge in [0.1, 0.15) is 17.8 Å². The van der Waals surface area contributed by atoms with Crippen LogP contribution in [-0.2, 0) is 0 Å². The quantitative estimate of drug-likeness (QED) is 0.676. The van der Waals surface area contributed by atoms with Gasteiger partial charge >= 0.3 is 0 Å². The lowest BCUT2D eigenvalue weighted by molar-refractivity contribution is 0.0176. The van der Waals surface area contributed by atoms with Crippen molar-refractivity contribution in [3.8, 4) is 0 Å². The van der Waals surface area contributed by atoms with Crippen molar-refractivity contribution in [3.63, 3.8) is 0 Å². The lowest BCUT2D eigenvalue weighted by Crippen LogP contribution is -2.30. The minimum absolute atomic E-state index is 0.0333. The van der Waals surface area contributed by atoms with Crippen LogP contribution in [0.2, 0.25) is 0 Å². The van der Waals surface area contributed by atoms with Crippen LogP contribution in [0.25, 0.3) is 11.0 Å². The van der Waals surface area contributed by atoms with E-state index in [9.17, 15) is 14.6 Å². The summed E-state index contributed by atoms with van der Waals surface area (Å²) in [6.45, 7) is 3.72. The number of hydrogen-bond donors (Lipinski definition) is 4. The molecule has 0 aromatic carbocycles. The molecule has 3 rings (SSSR count). The van der Waals surface area contributed by atoms with E-state index in [1.165, 1.54) is 12.5 Å². The van der Waals surface area contributed by atoms with Gasteiger partial charge in [0.25, 0.3) is 0 Å². The van der Waals surface area contributed by atoms with E-state index in [0.29, 0.717) is 23.3 Å². The van der Waals surface area contributed by atoms with E-state index in [4.69, 9.17) is 0 Å². The third-order valence-corrected chi connectivity index (χ3v) is 4.94. The molecule has 0 radical (unpaired) electrons. The van der Waals surface area contributed by atoms with Crippen LogP contribution < -0.4 is 5.32 Å². The molecule has 0 saturated heterocycles. The van der Waals surface area contributed by atoms with Gasteiger partial charge in [0.05, 0.1) is 11.0 Å². The highest BCUT2D eigenvalue weighted by molar-refractivity contribution is 5.87. The third-order valence-electron chi connectivity index (χ3n) is 4.94. The zero-order valence-corrected chi connectivity index (χ0v) is 13.4. The standard InChI is InChI=1S/C16H23FN4O2/c1-16(2,23)10-5-9(3-4-22)12(6-10)21-15-13-11(17)7-18-14(13)19-8-20-15/h7-10,12,22-23H,3-6H2,1-2H3,(H2,18,19,20,21). The number of aromatic amines is 1. The summed E-state index contributed by atoms with van der Waals surface area (Å²) in [5.74, 6) is 0.408. The number of anilines is 1. The maximum atomic E-state index is 14.0. The first-order valence-electron chi connectivity index (χ1n) is 7.97. The molecule has 6 nitrogen and oxygen atoms in total. The molecule has 0 spiro atoms. The normalized spacial score (nSPS) is 25.2. The molecule has 4 N–H and O–H groups in total. The van der Waals surface area contributed by atoms with Crippen LogP contribution in [0.3, 0.4) is 0 Å². The largest absolute Gasteiger partial charge is 0.396 e. The van der Waals surface area contributed by atoms with Crippen molar-refractivity contribution in [2.75, 3.05) is 11.9 Å². The van der Waals surface area contributed by atoms with Crippen molar-refractivity contribution in [2.45, 2.75) is 44.8 Å². The van der Waals surface area contributed by atoms with Crippen LogP contribution in [0.1, 0.15) is 33.1 Å². The molecule has 2 aromatic heterocycles. The zero-order chi connectivity index (χ0) is 16.6. The van der Waals surface area contributed by atoms with Gasteiger partial charge in [-0.05, 0) is 44.9 Å². The Morgan fingerprint density at radius 2 is 2.17 bits per heavy atom. The molecule has 126 valence electrons. The zero-order valence-electron chi connectivity index (χ0n) is 13.4. The summed E-state index contributed by atoms with van der Waals surface area (Å²) in [5.41, 5.74) is -0.319. The molecule has 0 bridgehead atoms. The first-order chi connectivity index (χ1) is 10.9. The van der Waals surface area contributed by atoms with Crippen molar-refractivity contribution in [2.24, 2.45) is 11.8 Å². The van der Waals surface area contributed by atoms with Crippen molar-refractivity contribution in [3.05, 3.63) is 18.3 Å². The monoisotopic (exact) mass is 322 g/mol. The Hall–Kier alpha value is -1.73. The molecular formula is C16H23FN4O2. The van der Waals surface area contributed by atoms with Crippen LogP contribution in [0.4, 0.5) is 10.2 Å². The van der Waals surface area contributed by atoms with Crippen LogP contribution in [-0.4, -0.2) is 43.4 Å². The number of H-pyrrole nitrogens is 1. The predicted molar refractivity (Wildman–Crippen MR) is 85.5 cm³/mol. The molecule has 3 atom stereocenters. The Morgan fingerprint density at radius 1 is 1.39 bits per heavy atom. The summed E-state index contributed by atoms with van der Waals surface area (Å²) < 4.78 is 14.0. The molecule has 0 aliphatic heterocycles. The lowest BCUT2D eigenvalue weighted by atomic mass is 9.88. The fourth-order valence-electron chi connectivity index (χ4n) is 3.57. The minimum atomic E-state index is -0.773. The van der Waals surface area contributed by atoms with E-state index in [0.717, 1.165) is 12.8 Å². The van der Waals surface area contributed by atoms with Gasteiger partial charge in [-0.25, -0.2) is 14.4 Å². The van der Waals surface area contributed by atoms with Crippen molar-refractivity contribution >= 4 is 16.9 Å². The second-order valence-electron chi connectivity index (χ2n) is 6.93. The number of aliphatic hydroxyl groups excluding tert-OH is 1. The van der Waals surface area contributed by atoms with Gasteiger partial charge in [-0.2, -0.15) is 0 Å². The number of fused-ring (bicyclic) bond motifs is 1. The Kier molecular flexibility index (Phi) is 4.25. The van der Waals surface area contributed by atoms with Crippen LogP contribution in [0, 0.1) is 17.7 Å². The molecule has 1 aliphatic carbocycles. The van der Waals surface area contributed by atoms with Gasteiger partial charge in [0.2, 0.25) is 0 Å². The minimum Gasteiger partial charge on any atom is -0.396 e. The predicted octanol–water partition coefficient (Wildman–Crippen LogP) is 2.06. The molecule has 2 aromatic rings. The molecule has 0 amide bonds. The van der Waals surface area contributed by atoms with E-state index in [1.807, 2.05) is 13.8 Å². The summed E-state index contributed by atoms with van der Waals surface area (Å²) in [6.07, 6.45) is 4.89. The van der Waals surface area contributed by atoms with Gasteiger partial charge in [-0.15, -0.1) is 0 Å². The van der Waals surface area contributed by atoms with Gasteiger partial charge in [-0.3, -0.25) is 0 Å². The third kappa shape index (κ3) is 3.16. The summed E-state index contributed by atoms with van der Waals surface area (Å²) in [6, 6.07) is 0.0333. The van der Waals surface area contributed by atoms with E-state index in [2.05, 4.69) is 20.3 Å². The topological polar surface area (TPSA) is 94.1 Å². The van der Waals surface area contributed by atoms with Gasteiger partial charge in [0.15, 0.2) is 5.82 Å². The van der Waals surface area contributed by atoms with E-state index >= 15 is 0 Å². The van der Waals surface area contributed by atoms with Crippen LogP contribution in [0.5, 0.6) is 0 Å². The fraction of sp³-hybridized carbons (Fsp3) is 0.625. The van der Waals surface area contributed by atoms with Crippen molar-refractivity contribution in [1.29, 1.82) is 0 Å². The summed E-state index contributed by atoms with van der Waals surface area (Å²) >= 11 is 0. The number of aliphatic hydroxyl groups is 2. The SMILES string of the molecule is CC(C)(O)C1CC(CCO)C(Nc2ncnc3[nH]cc(F)c23)C1. The molecule has 2 heterocycles. The average Bonchev–Trinajstić information content (AvgIpc) is 3.05. The number of aromatic nitrogens is 3. The Bertz CT molecular complexity index is 682. The first kappa shape index (κ1) is 16.1. The first-order valence-corrected chi connectivity index (χ1v) is 7.97. The van der Waals surface area contributed by atoms with Crippen molar-refractivity contribution < 1.29 is 14.6 Å². The van der Waals surface area contributed by atoms with E-state index in [1.54, 1.807) is 0 Å². The summed E-state index contributed by atoms with van der Waals surface area (Å²) in [7, 11) is 0. The number of halogens is 1. The molecule has 1 fully saturated rings. The lowest BCUT2D eigenvalue weighted by Gasteiger charge is -2.25. The summed E-state index contributed by atoms with van der Waals surface area (Å²) in [4.78, 5) is 11.0.